The molecule has 0 aliphatic carbocycles. The number of urea groups is 1. The van der Waals surface area contributed by atoms with Crippen LogP contribution in [0.1, 0.15) is 25.1 Å². The van der Waals surface area contributed by atoms with Gasteiger partial charge >= 0.3 is 12.4 Å². The van der Waals surface area contributed by atoms with Gasteiger partial charge in [-0.3, -0.25) is 4.98 Å². The van der Waals surface area contributed by atoms with Crippen molar-refractivity contribution >= 4 is 28.8 Å². The molecule has 2 amide bonds. The van der Waals surface area contributed by atoms with Crippen molar-refractivity contribution in [2.75, 3.05) is 22.1 Å². The molecule has 4 aromatic rings. The fourth-order valence-corrected chi connectivity index (χ4v) is 5.09. The Morgan fingerprint density at radius 2 is 1.79 bits per heavy atom. The normalized spacial score (nSPS) is 13.9. The number of phenolic OH excluding ortho intramolecular Hbond substituents is 1. The molecule has 0 bridgehead atoms. The molecule has 1 aliphatic heterocycles. The molecule has 0 radical (unpaired) electrons. The van der Waals surface area contributed by atoms with Crippen LogP contribution in [0.5, 0.6) is 11.5 Å². The average molecular weight is 585 g/mol. The van der Waals surface area contributed by atoms with Gasteiger partial charge in [0.25, 0.3) is 0 Å². The van der Waals surface area contributed by atoms with Crippen LogP contribution in [0.3, 0.4) is 0 Å². The van der Waals surface area contributed by atoms with Crippen LogP contribution in [-0.2, 0) is 12.1 Å². The molecule has 0 saturated heterocycles. The molecule has 3 N–H and O–H groups in total. The summed E-state index contributed by atoms with van der Waals surface area (Å²) >= 11 is 0. The monoisotopic (exact) mass is 584 g/mol. The number of carbonyl (C=O) groups excluding carboxylic acids is 1. The van der Waals surface area contributed by atoms with Gasteiger partial charge in [-0.15, -0.1) is 13.2 Å². The molecular formula is C30H25F5N4O3. The van der Waals surface area contributed by atoms with Crippen LogP contribution in [-0.4, -0.2) is 29.0 Å². The zero-order valence-corrected chi connectivity index (χ0v) is 22.4. The number of aromatic nitrogens is 1. The van der Waals surface area contributed by atoms with E-state index in [1.165, 1.54) is 24.4 Å². The number of rotatable bonds is 6. The highest BCUT2D eigenvalue weighted by molar-refractivity contribution is 6.03. The topological polar surface area (TPSA) is 86.7 Å². The molecule has 0 spiro atoms. The van der Waals surface area contributed by atoms with Crippen LogP contribution in [0.15, 0.2) is 72.9 Å². The maximum absolute atomic E-state index is 15.4. The van der Waals surface area contributed by atoms with Crippen LogP contribution in [0.4, 0.5) is 49.5 Å². The molecule has 5 rings (SSSR count). The second kappa shape index (κ2) is 10.8. The van der Waals surface area contributed by atoms with Crippen molar-refractivity contribution in [3.05, 3.63) is 90.0 Å². The Labute approximate surface area is 237 Å². The van der Waals surface area contributed by atoms with E-state index in [0.29, 0.717) is 34.7 Å². The molecule has 1 aromatic heterocycles. The fraction of sp³-hybridized carbons (Fsp3) is 0.200. The lowest BCUT2D eigenvalue weighted by atomic mass is 9.81. The number of fused-ring (bicyclic) bond motifs is 1. The van der Waals surface area contributed by atoms with Crippen molar-refractivity contribution in [2.24, 2.45) is 0 Å². The van der Waals surface area contributed by atoms with Gasteiger partial charge in [-0.2, -0.15) is 0 Å². The largest absolute Gasteiger partial charge is 0.573 e. The maximum Gasteiger partial charge on any atom is 0.573 e. The summed E-state index contributed by atoms with van der Waals surface area (Å²) in [4.78, 5) is 18.7. The standard InChI is InChI=1S/C30H25F5N4O3/c1-29(2)16-39(27-24(40)13-21(32)25(26(27)29)17-7-8-19(14-31)36-15-17)23-6-4-3-5-22(23)38-28(41)37-18-9-11-20(12-10-18)42-30(33,34)35/h3-13,15,40H,14,16H2,1-2H3,(H2,37,38,41). The Balaban J connectivity index is 1.46. The Morgan fingerprint density at radius 3 is 2.43 bits per heavy atom. The third-order valence-corrected chi connectivity index (χ3v) is 6.77. The van der Waals surface area contributed by atoms with E-state index >= 15 is 4.39 Å². The first-order valence-electron chi connectivity index (χ1n) is 12.7. The van der Waals surface area contributed by atoms with Gasteiger partial charge in [0.1, 0.15) is 24.0 Å². The number of pyridine rings is 1. The van der Waals surface area contributed by atoms with Gasteiger partial charge in [0.05, 0.1) is 22.8 Å². The minimum absolute atomic E-state index is 0.208. The molecule has 7 nitrogen and oxygen atoms in total. The quantitative estimate of drug-likeness (QED) is 0.200. The molecule has 0 fully saturated rings. The Morgan fingerprint density at radius 1 is 1.07 bits per heavy atom. The van der Waals surface area contributed by atoms with Crippen LogP contribution in [0, 0.1) is 5.82 Å². The number of nitrogens with zero attached hydrogens (tertiary/aromatic N) is 2. The van der Waals surface area contributed by atoms with Gasteiger partial charge in [-0.25, -0.2) is 13.6 Å². The molecule has 42 heavy (non-hydrogen) atoms. The van der Waals surface area contributed by atoms with Gasteiger partial charge in [0.15, 0.2) is 0 Å². The van der Waals surface area contributed by atoms with Gasteiger partial charge in [-0.1, -0.05) is 32.0 Å². The second-order valence-electron chi connectivity index (χ2n) is 10.3. The zero-order valence-electron chi connectivity index (χ0n) is 22.4. The third kappa shape index (κ3) is 5.78. The number of benzene rings is 3. The minimum atomic E-state index is -4.84. The average Bonchev–Trinajstić information content (AvgIpc) is 3.21. The second-order valence-corrected chi connectivity index (χ2v) is 10.3. The van der Waals surface area contributed by atoms with Crippen LogP contribution < -0.4 is 20.3 Å². The SMILES string of the molecule is CC1(C)CN(c2ccccc2NC(=O)Nc2ccc(OC(F)(F)F)cc2)c2c(O)cc(F)c(-c3ccc(CF)nc3)c21. The summed E-state index contributed by atoms with van der Waals surface area (Å²) in [6, 6.07) is 14.9. The van der Waals surface area contributed by atoms with Gasteiger partial charge in [0.2, 0.25) is 0 Å². The number of amides is 2. The van der Waals surface area contributed by atoms with Crippen molar-refractivity contribution in [1.82, 2.24) is 4.98 Å². The molecule has 0 unspecified atom stereocenters. The van der Waals surface area contributed by atoms with E-state index in [1.807, 2.05) is 13.8 Å². The van der Waals surface area contributed by atoms with E-state index < -0.39 is 36.0 Å². The summed E-state index contributed by atoms with van der Waals surface area (Å²) in [5, 5.41) is 16.3. The lowest BCUT2D eigenvalue weighted by Gasteiger charge is -2.25. The summed E-state index contributed by atoms with van der Waals surface area (Å²) in [6.07, 6.45) is -3.44. The highest BCUT2D eigenvalue weighted by atomic mass is 19.4. The smallest absolute Gasteiger partial charge is 0.506 e. The lowest BCUT2D eigenvalue weighted by Crippen LogP contribution is -2.27. The Bertz CT molecular complexity index is 1620. The predicted molar refractivity (Wildman–Crippen MR) is 148 cm³/mol. The van der Waals surface area contributed by atoms with E-state index in [-0.39, 0.29) is 22.7 Å². The molecule has 0 atom stereocenters. The number of hydrogen-bond donors (Lipinski definition) is 3. The summed E-state index contributed by atoms with van der Waals surface area (Å²) in [6.45, 7) is 3.34. The maximum atomic E-state index is 15.4. The lowest BCUT2D eigenvalue weighted by molar-refractivity contribution is -0.274. The van der Waals surface area contributed by atoms with Crippen molar-refractivity contribution in [3.63, 3.8) is 0 Å². The van der Waals surface area contributed by atoms with Crippen molar-refractivity contribution in [1.29, 1.82) is 0 Å². The van der Waals surface area contributed by atoms with Crippen LogP contribution in [0.25, 0.3) is 11.1 Å². The summed E-state index contributed by atoms with van der Waals surface area (Å²) < 4.78 is 69.6. The fourth-order valence-electron chi connectivity index (χ4n) is 5.09. The molecule has 0 saturated carbocycles. The highest BCUT2D eigenvalue weighted by Crippen LogP contribution is 2.54. The molecule has 1 aliphatic rings. The first-order valence-corrected chi connectivity index (χ1v) is 12.7. The van der Waals surface area contributed by atoms with E-state index in [2.05, 4.69) is 20.4 Å². The van der Waals surface area contributed by atoms with Gasteiger partial charge in [0, 0.05) is 41.0 Å². The molecule has 2 heterocycles. The van der Waals surface area contributed by atoms with Crippen molar-refractivity contribution in [2.45, 2.75) is 32.3 Å². The Kier molecular flexibility index (Phi) is 7.40. The number of halogens is 5. The van der Waals surface area contributed by atoms with Crippen molar-refractivity contribution < 1.29 is 36.6 Å². The predicted octanol–water partition coefficient (Wildman–Crippen LogP) is 8.03. The number of ether oxygens (including phenoxy) is 1. The number of carbonyl (C=O) groups is 1. The molecule has 12 heteroatoms. The highest BCUT2D eigenvalue weighted by Gasteiger charge is 2.42. The molecule has 218 valence electrons. The van der Waals surface area contributed by atoms with E-state index in [9.17, 15) is 27.5 Å². The van der Waals surface area contributed by atoms with Crippen LogP contribution in [0.2, 0.25) is 0 Å². The number of anilines is 4. The summed E-state index contributed by atoms with van der Waals surface area (Å²) in [5.74, 6) is -1.39. The number of hydrogen-bond acceptors (Lipinski definition) is 5. The third-order valence-electron chi connectivity index (χ3n) is 6.77. The Hall–Kier alpha value is -4.87. The summed E-state index contributed by atoms with van der Waals surface area (Å²) in [5.41, 5.74) is 2.14. The molecule has 3 aromatic carbocycles. The first-order chi connectivity index (χ1) is 19.9. The number of aromatic hydroxyl groups is 1. The van der Waals surface area contributed by atoms with Crippen LogP contribution >= 0.6 is 0 Å². The van der Waals surface area contributed by atoms with E-state index in [4.69, 9.17) is 0 Å². The number of alkyl halides is 4. The van der Waals surface area contributed by atoms with Gasteiger partial charge < -0.3 is 25.4 Å². The number of para-hydroxylation sites is 2. The van der Waals surface area contributed by atoms with Gasteiger partial charge in [-0.05, 0) is 48.0 Å². The minimum Gasteiger partial charge on any atom is -0.506 e. The zero-order chi connectivity index (χ0) is 30.2. The van der Waals surface area contributed by atoms with Crippen molar-refractivity contribution in [3.8, 4) is 22.6 Å². The number of nitrogens with one attached hydrogen (secondary N) is 2. The first kappa shape index (κ1) is 28.7. The molecular weight excluding hydrogens is 559 g/mol. The van der Waals surface area contributed by atoms with E-state index in [1.54, 1.807) is 35.2 Å². The number of phenols is 1. The van der Waals surface area contributed by atoms with E-state index in [0.717, 1.165) is 18.2 Å². The summed E-state index contributed by atoms with van der Waals surface area (Å²) in [7, 11) is 0.